The highest BCUT2D eigenvalue weighted by atomic mass is 16.5. The van der Waals surface area contributed by atoms with Gasteiger partial charge in [0, 0.05) is 23.9 Å². The van der Waals surface area contributed by atoms with Crippen LogP contribution in [0.25, 0.3) is 0 Å². The second kappa shape index (κ2) is 9.02. The topological polar surface area (TPSA) is 73.2 Å². The van der Waals surface area contributed by atoms with Crippen LogP contribution in [0.1, 0.15) is 27.8 Å². The van der Waals surface area contributed by atoms with E-state index < -0.39 is 0 Å². The molecular formula is C29H29NO4. The summed E-state index contributed by atoms with van der Waals surface area (Å²) in [6.45, 7) is 9.86. The summed E-state index contributed by atoms with van der Waals surface area (Å²) in [5.41, 5.74) is 7.37. The predicted molar refractivity (Wildman–Crippen MR) is 136 cm³/mol. The Bertz CT molecular complexity index is 1280. The third kappa shape index (κ3) is 4.64. The molecule has 3 N–H and O–H groups in total. The number of hydrogen-bond acceptors (Lipinski definition) is 5. The van der Waals surface area contributed by atoms with Crippen LogP contribution in [0.15, 0.2) is 66.7 Å². The zero-order chi connectivity index (χ0) is 24.6. The lowest BCUT2D eigenvalue weighted by molar-refractivity contribution is 0.454. The van der Waals surface area contributed by atoms with Gasteiger partial charge in [0.25, 0.3) is 0 Å². The molecule has 0 aliphatic rings. The van der Waals surface area contributed by atoms with E-state index in [9.17, 15) is 15.3 Å². The average molecular weight is 456 g/mol. The summed E-state index contributed by atoms with van der Waals surface area (Å²) in [6.07, 6.45) is 0. The van der Waals surface area contributed by atoms with E-state index in [1.807, 2.05) is 69.9 Å². The van der Waals surface area contributed by atoms with Gasteiger partial charge in [-0.05, 0) is 111 Å². The number of phenolic OH excluding ortho intramolecular Hbond substituents is 3. The number of hydrogen-bond donors (Lipinski definition) is 3. The summed E-state index contributed by atoms with van der Waals surface area (Å²) in [7, 11) is 0. The largest absolute Gasteiger partial charge is 0.508 e. The summed E-state index contributed by atoms with van der Waals surface area (Å²) in [6, 6.07) is 19.6. The van der Waals surface area contributed by atoms with E-state index in [2.05, 4.69) is 0 Å². The molecule has 0 aromatic heterocycles. The zero-order valence-electron chi connectivity index (χ0n) is 20.0. The molecule has 0 radical (unpaired) electrons. The fourth-order valence-corrected chi connectivity index (χ4v) is 4.10. The Kier molecular flexibility index (Phi) is 6.12. The van der Waals surface area contributed by atoms with E-state index in [0.29, 0.717) is 11.5 Å². The van der Waals surface area contributed by atoms with Gasteiger partial charge in [-0.2, -0.15) is 0 Å². The molecule has 0 fully saturated rings. The predicted octanol–water partition coefficient (Wildman–Crippen LogP) is 7.61. The number of ether oxygens (including phenoxy) is 1. The normalized spacial score (nSPS) is 10.9. The third-order valence-corrected chi connectivity index (χ3v) is 6.10. The summed E-state index contributed by atoms with van der Waals surface area (Å²) in [4.78, 5) is 2.03. The van der Waals surface area contributed by atoms with Crippen molar-refractivity contribution in [2.24, 2.45) is 0 Å². The highest BCUT2D eigenvalue weighted by molar-refractivity contribution is 5.82. The minimum Gasteiger partial charge on any atom is -0.508 e. The van der Waals surface area contributed by atoms with Crippen LogP contribution in [-0.2, 0) is 0 Å². The van der Waals surface area contributed by atoms with E-state index >= 15 is 0 Å². The molecule has 4 aromatic rings. The van der Waals surface area contributed by atoms with Gasteiger partial charge in [0.1, 0.15) is 28.7 Å². The molecule has 0 spiro atoms. The van der Waals surface area contributed by atoms with Crippen molar-refractivity contribution in [1.29, 1.82) is 0 Å². The first-order chi connectivity index (χ1) is 16.1. The van der Waals surface area contributed by atoms with Crippen molar-refractivity contribution in [2.45, 2.75) is 34.6 Å². The number of aromatic hydroxyl groups is 3. The molecular weight excluding hydrogens is 426 g/mol. The van der Waals surface area contributed by atoms with E-state index in [4.69, 9.17) is 4.74 Å². The van der Waals surface area contributed by atoms with Gasteiger partial charge in [-0.1, -0.05) is 0 Å². The maximum atomic E-state index is 10.4. The lowest BCUT2D eigenvalue weighted by atomic mass is 10.0. The van der Waals surface area contributed by atoms with Crippen molar-refractivity contribution < 1.29 is 20.1 Å². The number of nitrogens with zero attached hydrogens (tertiary/aromatic N) is 1. The van der Waals surface area contributed by atoms with E-state index in [-0.39, 0.29) is 17.2 Å². The molecule has 174 valence electrons. The van der Waals surface area contributed by atoms with Gasteiger partial charge in [-0.25, -0.2) is 0 Å². The lowest BCUT2D eigenvalue weighted by Crippen LogP contribution is -2.13. The Hall–Kier alpha value is -4.12. The molecule has 0 saturated carbocycles. The average Bonchev–Trinajstić information content (AvgIpc) is 2.75. The van der Waals surface area contributed by atoms with Crippen LogP contribution >= 0.6 is 0 Å². The van der Waals surface area contributed by atoms with Crippen LogP contribution in [0.5, 0.6) is 28.7 Å². The molecule has 0 unspecified atom stereocenters. The Morgan fingerprint density at radius 1 is 0.559 bits per heavy atom. The first kappa shape index (κ1) is 23.1. The van der Waals surface area contributed by atoms with Crippen LogP contribution in [0, 0.1) is 34.6 Å². The quantitative estimate of drug-likeness (QED) is 0.289. The highest BCUT2D eigenvalue weighted by Gasteiger charge is 2.20. The van der Waals surface area contributed by atoms with Crippen molar-refractivity contribution in [2.75, 3.05) is 4.90 Å². The van der Waals surface area contributed by atoms with Gasteiger partial charge in [-0.3, -0.25) is 0 Å². The fourth-order valence-electron chi connectivity index (χ4n) is 4.10. The van der Waals surface area contributed by atoms with Gasteiger partial charge in [0.2, 0.25) is 0 Å². The standard InChI is InChI=1S/C29H29NO4/c1-17-10-23(31)14-27(11-17)34-26-8-6-22(7-9-26)30(28-15-24(32)12-18(2)20(28)4)29-16-25(33)13-19(3)21(29)5/h6-16,31-33H,1-5H3. The molecule has 4 aromatic carbocycles. The first-order valence-electron chi connectivity index (χ1n) is 11.1. The molecule has 5 heteroatoms. The molecule has 0 bridgehead atoms. The van der Waals surface area contributed by atoms with Crippen LogP contribution < -0.4 is 9.64 Å². The van der Waals surface area contributed by atoms with Crippen molar-refractivity contribution in [3.8, 4) is 28.7 Å². The number of phenols is 3. The Labute approximate surface area is 200 Å². The summed E-state index contributed by atoms with van der Waals surface area (Å²) < 4.78 is 5.95. The van der Waals surface area contributed by atoms with Crippen LogP contribution in [0.2, 0.25) is 0 Å². The van der Waals surface area contributed by atoms with Gasteiger partial charge < -0.3 is 25.0 Å². The lowest BCUT2D eigenvalue weighted by Gasteiger charge is -2.30. The minimum atomic E-state index is 0.155. The fraction of sp³-hybridized carbons (Fsp3) is 0.172. The van der Waals surface area contributed by atoms with E-state index in [1.165, 1.54) is 0 Å². The number of anilines is 3. The molecule has 0 atom stereocenters. The zero-order valence-corrected chi connectivity index (χ0v) is 20.0. The van der Waals surface area contributed by atoms with Gasteiger partial charge in [0.15, 0.2) is 0 Å². The van der Waals surface area contributed by atoms with Gasteiger partial charge in [0.05, 0.1) is 11.4 Å². The van der Waals surface area contributed by atoms with Crippen LogP contribution in [-0.4, -0.2) is 15.3 Å². The molecule has 0 amide bonds. The monoisotopic (exact) mass is 455 g/mol. The highest BCUT2D eigenvalue weighted by Crippen LogP contribution is 2.43. The smallest absolute Gasteiger partial charge is 0.131 e. The van der Waals surface area contributed by atoms with E-state index in [1.54, 1.807) is 36.4 Å². The molecule has 34 heavy (non-hydrogen) atoms. The second-order valence-corrected chi connectivity index (χ2v) is 8.75. The summed E-state index contributed by atoms with van der Waals surface area (Å²) in [5, 5.41) is 30.6. The third-order valence-electron chi connectivity index (χ3n) is 6.10. The number of aryl methyl sites for hydroxylation is 3. The van der Waals surface area contributed by atoms with Crippen molar-refractivity contribution in [3.63, 3.8) is 0 Å². The number of benzene rings is 4. The molecule has 0 aliphatic carbocycles. The minimum absolute atomic E-state index is 0.155. The molecule has 5 nitrogen and oxygen atoms in total. The summed E-state index contributed by atoms with van der Waals surface area (Å²) >= 11 is 0. The Balaban J connectivity index is 1.82. The molecule has 4 rings (SSSR count). The van der Waals surface area contributed by atoms with Crippen LogP contribution in [0.4, 0.5) is 17.1 Å². The maximum Gasteiger partial charge on any atom is 0.131 e. The summed E-state index contributed by atoms with van der Waals surface area (Å²) in [5.74, 6) is 1.69. The van der Waals surface area contributed by atoms with Crippen molar-refractivity contribution in [3.05, 3.63) is 94.5 Å². The maximum absolute atomic E-state index is 10.4. The Morgan fingerprint density at radius 2 is 1.06 bits per heavy atom. The molecule has 0 saturated heterocycles. The van der Waals surface area contributed by atoms with Gasteiger partial charge in [-0.15, -0.1) is 0 Å². The SMILES string of the molecule is Cc1cc(O)cc(Oc2ccc(N(c3cc(O)cc(C)c3C)c3cc(O)cc(C)c3C)cc2)c1. The first-order valence-corrected chi connectivity index (χ1v) is 11.1. The molecule has 0 heterocycles. The second-order valence-electron chi connectivity index (χ2n) is 8.75. The van der Waals surface area contributed by atoms with Crippen molar-refractivity contribution >= 4 is 17.1 Å². The van der Waals surface area contributed by atoms with Crippen LogP contribution in [0.3, 0.4) is 0 Å². The molecule has 0 aliphatic heterocycles. The van der Waals surface area contributed by atoms with E-state index in [0.717, 1.165) is 44.9 Å². The van der Waals surface area contributed by atoms with Gasteiger partial charge >= 0.3 is 0 Å². The van der Waals surface area contributed by atoms with Crippen molar-refractivity contribution in [1.82, 2.24) is 0 Å². The Morgan fingerprint density at radius 3 is 1.56 bits per heavy atom. The number of rotatable bonds is 5.